The van der Waals surface area contributed by atoms with Gasteiger partial charge in [-0.2, -0.15) is 21.7 Å². The summed E-state index contributed by atoms with van der Waals surface area (Å²) in [6, 6.07) is 31.5. The van der Waals surface area contributed by atoms with Crippen LogP contribution in [0.1, 0.15) is 39.3 Å². The molecule has 1 fully saturated rings. The lowest BCUT2D eigenvalue weighted by molar-refractivity contribution is -0.114. The molecule has 0 aliphatic carbocycles. The Balaban J connectivity index is 1.37. The number of nitrogens with one attached hydrogen (secondary N) is 1. The van der Waals surface area contributed by atoms with E-state index in [2.05, 4.69) is 114 Å². The van der Waals surface area contributed by atoms with Gasteiger partial charge in [0, 0.05) is 19.3 Å². The maximum atomic E-state index is 11.8. The number of rotatable bonds is 10. The summed E-state index contributed by atoms with van der Waals surface area (Å²) in [4.78, 5) is 25.2. The predicted octanol–water partition coefficient (Wildman–Crippen LogP) is 6.26. The van der Waals surface area contributed by atoms with E-state index in [-0.39, 0.29) is 39.4 Å². The van der Waals surface area contributed by atoms with Crippen molar-refractivity contribution in [3.05, 3.63) is 108 Å². The van der Waals surface area contributed by atoms with E-state index < -0.39 is 8.32 Å². The number of fused-ring (bicyclic) bond motifs is 1. The number of imidazole rings is 1. The third-order valence-electron chi connectivity index (χ3n) is 8.42. The first-order valence-corrected chi connectivity index (χ1v) is 18.7. The molecule has 1 N–H and O–H groups in total. The van der Waals surface area contributed by atoms with Crippen molar-refractivity contribution in [1.82, 2.24) is 19.5 Å². The summed E-state index contributed by atoms with van der Waals surface area (Å²) in [5.74, 6) is 0.629. The first-order chi connectivity index (χ1) is 22.2. The number of halogens is 1. The monoisotopic (exact) mass is 671 g/mol. The standard InChI is InChI=1S/C35H38ClN5O3SSi/c1-24(42)38-34-39-32(36)30-33(40-34)41(23-37-30)28-22-45-29(31(28)43-20-25-14-8-5-9-15-25)21-44-46(35(2,3)4,26-16-10-6-11-17-26)27-18-12-7-13-19-27/h5-19,23,28-29,31H,20-22H2,1-4H3,(H,38,39,40,42)/t28?,29-,31+/m1/s1. The summed E-state index contributed by atoms with van der Waals surface area (Å²) in [5.41, 5.74) is 2.13. The summed E-state index contributed by atoms with van der Waals surface area (Å²) in [6.45, 7) is 9.25. The summed E-state index contributed by atoms with van der Waals surface area (Å²) >= 11 is 8.34. The Morgan fingerprint density at radius 3 is 2.17 bits per heavy atom. The largest absolute Gasteiger partial charge is 0.406 e. The zero-order chi connectivity index (χ0) is 32.3. The van der Waals surface area contributed by atoms with Gasteiger partial charge in [0.05, 0.1) is 30.3 Å². The van der Waals surface area contributed by atoms with Gasteiger partial charge in [0.2, 0.25) is 11.9 Å². The molecular weight excluding hydrogens is 634 g/mol. The van der Waals surface area contributed by atoms with Crippen molar-refractivity contribution < 1.29 is 14.0 Å². The number of anilines is 1. The van der Waals surface area contributed by atoms with E-state index in [0.717, 1.165) is 11.3 Å². The Bertz CT molecular complexity index is 1750. The average molecular weight is 672 g/mol. The van der Waals surface area contributed by atoms with Crippen molar-refractivity contribution >= 4 is 65.1 Å². The fraction of sp³-hybridized carbons (Fsp3) is 0.314. The minimum Gasteiger partial charge on any atom is -0.406 e. The molecule has 1 aliphatic rings. The summed E-state index contributed by atoms with van der Waals surface area (Å²) in [5, 5.41) is 5.21. The first-order valence-electron chi connectivity index (χ1n) is 15.4. The van der Waals surface area contributed by atoms with Gasteiger partial charge in [-0.1, -0.05) is 123 Å². The van der Waals surface area contributed by atoms with Crippen LogP contribution in [0.3, 0.4) is 0 Å². The number of amides is 1. The topological polar surface area (TPSA) is 91.2 Å². The van der Waals surface area contributed by atoms with Crippen molar-refractivity contribution in [1.29, 1.82) is 0 Å². The molecule has 1 unspecified atom stereocenters. The zero-order valence-electron chi connectivity index (χ0n) is 26.4. The zero-order valence-corrected chi connectivity index (χ0v) is 29.0. The molecule has 3 aromatic carbocycles. The van der Waals surface area contributed by atoms with Crippen molar-refractivity contribution in [3.63, 3.8) is 0 Å². The highest BCUT2D eigenvalue weighted by atomic mass is 35.5. The molecule has 0 spiro atoms. The Labute approximate surface area is 280 Å². The molecule has 6 rings (SSSR count). The Hall–Kier alpha value is -3.54. The maximum absolute atomic E-state index is 11.8. The van der Waals surface area contributed by atoms with Crippen LogP contribution < -0.4 is 15.7 Å². The van der Waals surface area contributed by atoms with Gasteiger partial charge in [0.15, 0.2) is 10.8 Å². The molecule has 11 heteroatoms. The van der Waals surface area contributed by atoms with Crippen LogP contribution in [-0.2, 0) is 20.6 Å². The quantitative estimate of drug-likeness (QED) is 0.139. The average Bonchev–Trinajstić information content (AvgIpc) is 3.65. The number of thioether (sulfide) groups is 1. The van der Waals surface area contributed by atoms with Crippen LogP contribution >= 0.6 is 23.4 Å². The highest BCUT2D eigenvalue weighted by molar-refractivity contribution is 8.00. The maximum Gasteiger partial charge on any atom is 0.261 e. The fourth-order valence-corrected chi connectivity index (χ4v) is 12.7. The van der Waals surface area contributed by atoms with Crippen LogP contribution in [0.15, 0.2) is 97.3 Å². The summed E-state index contributed by atoms with van der Waals surface area (Å²) in [6.07, 6.45) is 1.52. The molecule has 3 heterocycles. The molecule has 1 amide bonds. The van der Waals surface area contributed by atoms with Gasteiger partial charge in [-0.15, -0.1) is 0 Å². The number of hydrogen-bond donors (Lipinski definition) is 1. The highest BCUT2D eigenvalue weighted by Crippen LogP contribution is 2.42. The van der Waals surface area contributed by atoms with Crippen LogP contribution in [0.2, 0.25) is 10.2 Å². The molecule has 1 saturated heterocycles. The smallest absolute Gasteiger partial charge is 0.261 e. The van der Waals surface area contributed by atoms with Crippen molar-refractivity contribution in [2.24, 2.45) is 0 Å². The number of carbonyl (C=O) groups excluding carboxylic acids is 1. The SMILES string of the molecule is CC(=O)Nc1nc(Cl)c2ncn(C3CS[C@H](CO[Si](c4ccccc4)(c4ccccc4)C(C)(C)C)[C@H]3OCc3ccccc3)c2n1. The molecule has 3 atom stereocenters. The van der Waals surface area contributed by atoms with Gasteiger partial charge in [-0.05, 0) is 21.0 Å². The molecule has 0 saturated carbocycles. The van der Waals surface area contributed by atoms with Gasteiger partial charge in [-0.25, -0.2) is 4.98 Å². The third-order valence-corrected chi connectivity index (χ3v) is 15.1. The molecular formula is C35H38ClN5O3SSi. The summed E-state index contributed by atoms with van der Waals surface area (Å²) < 4.78 is 16.2. The molecule has 1 aliphatic heterocycles. The lowest BCUT2D eigenvalue weighted by Gasteiger charge is -2.43. The Kier molecular flexibility index (Phi) is 9.63. The van der Waals surface area contributed by atoms with Crippen molar-refractivity contribution in [2.75, 3.05) is 17.7 Å². The lowest BCUT2D eigenvalue weighted by Crippen LogP contribution is -2.67. The van der Waals surface area contributed by atoms with Crippen molar-refractivity contribution in [3.8, 4) is 0 Å². The Morgan fingerprint density at radius 1 is 0.978 bits per heavy atom. The molecule has 238 valence electrons. The van der Waals surface area contributed by atoms with E-state index in [0.29, 0.717) is 24.4 Å². The molecule has 0 bridgehead atoms. The fourth-order valence-electron chi connectivity index (χ4n) is 6.33. The number of benzene rings is 3. The molecule has 5 aromatic rings. The van der Waals surface area contributed by atoms with E-state index >= 15 is 0 Å². The summed E-state index contributed by atoms with van der Waals surface area (Å²) in [7, 11) is -2.76. The van der Waals surface area contributed by atoms with Crippen molar-refractivity contribution in [2.45, 2.75) is 56.7 Å². The van der Waals surface area contributed by atoms with Gasteiger partial charge >= 0.3 is 0 Å². The Morgan fingerprint density at radius 2 is 1.59 bits per heavy atom. The third kappa shape index (κ3) is 6.50. The van der Waals surface area contributed by atoms with Gasteiger partial charge in [0.1, 0.15) is 5.52 Å². The molecule has 46 heavy (non-hydrogen) atoms. The second-order valence-corrected chi connectivity index (χ2v) is 18.5. The second-order valence-electron chi connectivity index (χ2n) is 12.5. The van der Waals surface area contributed by atoms with E-state index in [1.54, 1.807) is 6.33 Å². The number of ether oxygens (including phenoxy) is 1. The van der Waals surface area contributed by atoms with Crippen LogP contribution in [-0.4, -0.2) is 57.5 Å². The van der Waals surface area contributed by atoms with Gasteiger partial charge in [0.25, 0.3) is 8.32 Å². The lowest BCUT2D eigenvalue weighted by atomic mass is 10.1. The van der Waals surface area contributed by atoms with E-state index in [4.69, 9.17) is 20.8 Å². The van der Waals surface area contributed by atoms with E-state index in [1.807, 2.05) is 34.5 Å². The minimum absolute atomic E-state index is 0.0277. The van der Waals surface area contributed by atoms with Crippen LogP contribution in [0.4, 0.5) is 5.95 Å². The first kappa shape index (κ1) is 32.4. The predicted molar refractivity (Wildman–Crippen MR) is 189 cm³/mol. The number of aromatic nitrogens is 4. The number of hydrogen-bond acceptors (Lipinski definition) is 7. The minimum atomic E-state index is -2.76. The van der Waals surface area contributed by atoms with Crippen LogP contribution in [0.25, 0.3) is 11.2 Å². The van der Waals surface area contributed by atoms with E-state index in [1.165, 1.54) is 17.3 Å². The molecule has 2 aromatic heterocycles. The molecule has 8 nitrogen and oxygen atoms in total. The highest BCUT2D eigenvalue weighted by Gasteiger charge is 2.51. The van der Waals surface area contributed by atoms with Gasteiger partial charge < -0.3 is 13.7 Å². The van der Waals surface area contributed by atoms with Crippen LogP contribution in [0, 0.1) is 0 Å². The number of nitrogens with zero attached hydrogens (tertiary/aromatic N) is 4. The van der Waals surface area contributed by atoms with Crippen LogP contribution in [0.5, 0.6) is 0 Å². The number of carbonyl (C=O) groups is 1. The second kappa shape index (κ2) is 13.7. The molecule has 0 radical (unpaired) electrons. The van der Waals surface area contributed by atoms with E-state index in [9.17, 15) is 4.79 Å². The normalized spacial score (nSPS) is 18.6. The van der Waals surface area contributed by atoms with Gasteiger partial charge in [-0.3, -0.25) is 10.1 Å².